The van der Waals surface area contributed by atoms with Crippen LogP contribution >= 0.6 is 0 Å². The maximum absolute atomic E-state index is 10.7. The number of nitrogens with one attached hydrogen (secondary N) is 1. The van der Waals surface area contributed by atoms with Gasteiger partial charge in [-0.15, -0.1) is 0 Å². The first-order valence-electron chi connectivity index (χ1n) is 5.97. The Bertz CT molecular complexity index is 721. The van der Waals surface area contributed by atoms with Crippen LogP contribution in [0.2, 0.25) is 0 Å². The van der Waals surface area contributed by atoms with E-state index in [0.717, 1.165) is 5.57 Å². The Morgan fingerprint density at radius 2 is 1.80 bits per heavy atom. The summed E-state index contributed by atoms with van der Waals surface area (Å²) >= 11 is 0. The van der Waals surface area contributed by atoms with E-state index in [2.05, 4.69) is 0 Å². The van der Waals surface area contributed by atoms with Crippen molar-refractivity contribution >= 4 is 17.5 Å². The van der Waals surface area contributed by atoms with Crippen molar-refractivity contribution < 1.29 is 9.66 Å². The van der Waals surface area contributed by atoms with Crippen LogP contribution in [0.4, 0.5) is 5.69 Å². The molecule has 5 nitrogen and oxygen atoms in total. The predicted molar refractivity (Wildman–Crippen MR) is 75.8 cm³/mol. The number of rotatable bonds is 1. The summed E-state index contributed by atoms with van der Waals surface area (Å²) in [6.45, 7) is 0. The molecular weight excluding hydrogens is 256 g/mol. The van der Waals surface area contributed by atoms with E-state index in [4.69, 9.17) is 10.1 Å². The van der Waals surface area contributed by atoms with Gasteiger partial charge in [-0.3, -0.25) is 10.1 Å². The molecule has 5 heteroatoms. The van der Waals surface area contributed by atoms with E-state index in [1.54, 1.807) is 42.5 Å². The summed E-state index contributed by atoms with van der Waals surface area (Å²) in [5.41, 5.74) is 2.02. The highest BCUT2D eigenvalue weighted by molar-refractivity contribution is 6.03. The number of hydrogen-bond acceptors (Lipinski definition) is 4. The number of fused-ring (bicyclic) bond motifs is 1. The maximum atomic E-state index is 10.7. The first-order chi connectivity index (χ1) is 9.63. The van der Waals surface area contributed by atoms with Crippen molar-refractivity contribution in [3.8, 4) is 5.75 Å². The Hall–Kier alpha value is -2.95. The van der Waals surface area contributed by atoms with Gasteiger partial charge >= 0.3 is 0 Å². The summed E-state index contributed by atoms with van der Waals surface area (Å²) in [4.78, 5) is 10.3. The predicted octanol–water partition coefficient (Wildman–Crippen LogP) is 3.40. The van der Waals surface area contributed by atoms with Crippen LogP contribution in [0.25, 0.3) is 6.08 Å². The van der Waals surface area contributed by atoms with Crippen molar-refractivity contribution in [1.82, 2.24) is 0 Å². The van der Waals surface area contributed by atoms with E-state index < -0.39 is 4.92 Å². The third-order valence-electron chi connectivity index (χ3n) is 3.01. The molecule has 98 valence electrons. The molecule has 1 N–H and O–H groups in total. The summed E-state index contributed by atoms with van der Waals surface area (Å²) in [5, 5.41) is 18.2. The average Bonchev–Trinajstić information content (AvgIpc) is 2.47. The van der Waals surface area contributed by atoms with E-state index >= 15 is 0 Å². The summed E-state index contributed by atoms with van der Waals surface area (Å²) < 4.78 is 5.74. The SMILES string of the molecule is N=C1C=CC(=C2C=Cc3cc([N+](=O)[O-])ccc3O2)C=C1. The monoisotopic (exact) mass is 266 g/mol. The molecule has 0 saturated carbocycles. The number of benzene rings is 1. The Morgan fingerprint density at radius 3 is 2.50 bits per heavy atom. The van der Waals surface area contributed by atoms with Gasteiger partial charge in [0.1, 0.15) is 11.5 Å². The minimum absolute atomic E-state index is 0.0407. The molecule has 0 atom stereocenters. The van der Waals surface area contributed by atoms with Crippen molar-refractivity contribution in [3.05, 3.63) is 75.6 Å². The van der Waals surface area contributed by atoms with Crippen LogP contribution in [0.3, 0.4) is 0 Å². The quantitative estimate of drug-likeness (QED) is 0.625. The zero-order valence-corrected chi connectivity index (χ0v) is 10.4. The van der Waals surface area contributed by atoms with E-state index in [0.29, 0.717) is 22.8 Å². The lowest BCUT2D eigenvalue weighted by Crippen LogP contribution is -2.03. The molecule has 0 spiro atoms. The van der Waals surface area contributed by atoms with Crippen LogP contribution in [0.1, 0.15) is 5.56 Å². The Labute approximate surface area is 114 Å². The van der Waals surface area contributed by atoms with E-state index in [-0.39, 0.29) is 5.69 Å². The van der Waals surface area contributed by atoms with E-state index in [9.17, 15) is 10.1 Å². The molecule has 1 aliphatic heterocycles. The topological polar surface area (TPSA) is 76.2 Å². The van der Waals surface area contributed by atoms with Gasteiger partial charge in [0.05, 0.1) is 10.6 Å². The molecule has 1 aliphatic carbocycles. The lowest BCUT2D eigenvalue weighted by molar-refractivity contribution is -0.384. The Balaban J connectivity index is 1.97. The molecular formula is C15H10N2O3. The smallest absolute Gasteiger partial charge is 0.270 e. The second kappa shape index (κ2) is 4.62. The molecule has 0 amide bonds. The number of nitrogens with zero attached hydrogens (tertiary/aromatic N) is 1. The summed E-state index contributed by atoms with van der Waals surface area (Å²) in [6.07, 6.45) is 10.5. The lowest BCUT2D eigenvalue weighted by Gasteiger charge is -2.16. The Morgan fingerprint density at radius 1 is 1.05 bits per heavy atom. The molecule has 20 heavy (non-hydrogen) atoms. The fraction of sp³-hybridized carbons (Fsp3) is 0. The molecule has 0 aromatic heterocycles. The molecule has 1 aromatic carbocycles. The van der Waals surface area contributed by atoms with Gasteiger partial charge < -0.3 is 10.1 Å². The third-order valence-corrected chi connectivity index (χ3v) is 3.01. The fourth-order valence-corrected chi connectivity index (χ4v) is 1.98. The molecule has 0 unspecified atom stereocenters. The van der Waals surface area contributed by atoms with Gasteiger partial charge in [0.15, 0.2) is 0 Å². The molecule has 1 heterocycles. The van der Waals surface area contributed by atoms with E-state index in [1.807, 2.05) is 0 Å². The maximum Gasteiger partial charge on any atom is 0.270 e. The molecule has 1 aromatic rings. The first-order valence-corrected chi connectivity index (χ1v) is 5.97. The number of hydrogen-bond donors (Lipinski definition) is 1. The number of allylic oxidation sites excluding steroid dienone is 6. The van der Waals surface area contributed by atoms with Gasteiger partial charge in [0.2, 0.25) is 0 Å². The highest BCUT2D eigenvalue weighted by Crippen LogP contribution is 2.32. The van der Waals surface area contributed by atoms with Gasteiger partial charge in [-0.2, -0.15) is 0 Å². The number of ether oxygens (including phenoxy) is 1. The van der Waals surface area contributed by atoms with Crippen LogP contribution in [-0.4, -0.2) is 10.6 Å². The van der Waals surface area contributed by atoms with Crippen LogP contribution in [0.15, 0.2) is 59.9 Å². The highest BCUT2D eigenvalue weighted by Gasteiger charge is 2.16. The second-order valence-electron chi connectivity index (χ2n) is 4.36. The fourth-order valence-electron chi connectivity index (χ4n) is 1.98. The van der Waals surface area contributed by atoms with Gasteiger partial charge in [0.25, 0.3) is 5.69 Å². The van der Waals surface area contributed by atoms with Crippen molar-refractivity contribution in [1.29, 1.82) is 5.41 Å². The normalized spacial score (nSPS) is 16.1. The number of nitro groups is 1. The molecule has 0 saturated heterocycles. The second-order valence-corrected chi connectivity index (χ2v) is 4.36. The molecule has 0 bridgehead atoms. The third kappa shape index (κ3) is 2.16. The van der Waals surface area contributed by atoms with E-state index in [1.165, 1.54) is 12.1 Å². The van der Waals surface area contributed by atoms with Crippen LogP contribution < -0.4 is 4.74 Å². The standard InChI is InChI=1S/C15H10N2O3/c16-12-4-1-10(2-5-12)14-7-3-11-9-13(17(18)19)6-8-15(11)20-14/h1-9,16H. The first kappa shape index (κ1) is 12.1. The molecule has 2 aliphatic rings. The molecule has 3 rings (SSSR count). The zero-order chi connectivity index (χ0) is 14.1. The van der Waals surface area contributed by atoms with Crippen molar-refractivity contribution in [3.63, 3.8) is 0 Å². The van der Waals surface area contributed by atoms with Gasteiger partial charge in [-0.1, -0.05) is 0 Å². The van der Waals surface area contributed by atoms with Crippen molar-refractivity contribution in [2.75, 3.05) is 0 Å². The van der Waals surface area contributed by atoms with Crippen molar-refractivity contribution in [2.45, 2.75) is 0 Å². The van der Waals surface area contributed by atoms with Gasteiger partial charge in [-0.05, 0) is 42.5 Å². The highest BCUT2D eigenvalue weighted by atomic mass is 16.6. The summed E-state index contributed by atoms with van der Waals surface area (Å²) in [5.74, 6) is 1.24. The van der Waals surface area contributed by atoms with Crippen LogP contribution in [0.5, 0.6) is 5.75 Å². The Kier molecular flexibility index (Phi) is 2.80. The van der Waals surface area contributed by atoms with Crippen LogP contribution in [0, 0.1) is 15.5 Å². The lowest BCUT2D eigenvalue weighted by atomic mass is 10.0. The van der Waals surface area contributed by atoms with Crippen molar-refractivity contribution in [2.24, 2.45) is 0 Å². The van der Waals surface area contributed by atoms with Gasteiger partial charge in [0, 0.05) is 23.3 Å². The number of nitro benzene ring substituents is 1. The molecule has 0 fully saturated rings. The summed E-state index contributed by atoms with van der Waals surface area (Å²) in [6, 6.07) is 4.49. The molecule has 0 radical (unpaired) electrons. The largest absolute Gasteiger partial charge is 0.456 e. The number of non-ortho nitro benzene ring substituents is 1. The summed E-state index contributed by atoms with van der Waals surface area (Å²) in [7, 11) is 0. The average molecular weight is 266 g/mol. The van der Waals surface area contributed by atoms with Gasteiger partial charge in [-0.25, -0.2) is 0 Å². The van der Waals surface area contributed by atoms with Crippen LogP contribution in [-0.2, 0) is 0 Å². The minimum Gasteiger partial charge on any atom is -0.456 e. The zero-order valence-electron chi connectivity index (χ0n) is 10.4. The minimum atomic E-state index is -0.430.